The molecule has 1 spiro atoms. The third-order valence-corrected chi connectivity index (χ3v) is 14.8. The summed E-state index contributed by atoms with van der Waals surface area (Å²) in [4.78, 5) is 26.5. The molecular weight excluding hydrogens is 746 g/mol. The van der Waals surface area contributed by atoms with Crippen molar-refractivity contribution in [1.29, 1.82) is 0 Å². The van der Waals surface area contributed by atoms with Crippen molar-refractivity contribution in [2.45, 2.75) is 221 Å². The summed E-state index contributed by atoms with van der Waals surface area (Å²) in [5, 5.41) is 13.8. The van der Waals surface area contributed by atoms with Crippen LogP contribution in [0.4, 0.5) is 4.79 Å². The van der Waals surface area contributed by atoms with Crippen LogP contribution < -0.4 is 5.32 Å². The largest absolute Gasteiger partial charge is 0.444 e. The van der Waals surface area contributed by atoms with Crippen LogP contribution in [-0.4, -0.2) is 126 Å². The van der Waals surface area contributed by atoms with E-state index in [0.717, 1.165) is 56.1 Å². The topological polar surface area (TPSA) is 149 Å². The molecule has 0 aromatic rings. The zero-order valence-electron chi connectivity index (χ0n) is 35.1. The number of carbonyl (C=O) groups excluding carboxylic acids is 2. The Balaban J connectivity index is 0.943. The van der Waals surface area contributed by atoms with Gasteiger partial charge in [-0.15, -0.1) is 0 Å². The van der Waals surface area contributed by atoms with Crippen LogP contribution in [0.1, 0.15) is 118 Å². The van der Waals surface area contributed by atoms with Crippen LogP contribution in [0.5, 0.6) is 0 Å². The lowest BCUT2D eigenvalue weighted by Gasteiger charge is -2.47. The number of aliphatic hydroxyl groups is 1. The maximum Gasteiger partial charge on any atom is 0.407 e. The standard InChI is InChI=1S/C45H67NO12/c1-22-14-28-8-10-32-23(2)15-30(50-32)12-13-45-20-37-39(56-45)40-41(55-37)42(57-45)38-33(54-40)11-9-29(52-38)16-26(47)17-31-25(4)34(53-36(31)19-35(51-28)24(22)3)18-27(48)21-46-43(49)58-44(5,6)7/h22,25,27-42,48H,2-3,8-21H2,1,4-7H3,(H,46,49)/t22-,25-,27+,28+,29-,30+,31?,32?,33+,34-,35?,36+,37-,38+,39?,40+,41-,42+,45+/m1/s1. The van der Waals surface area contributed by atoms with Crippen LogP contribution in [0, 0.1) is 17.8 Å². The van der Waals surface area contributed by atoms with Crippen LogP contribution in [0.15, 0.2) is 24.3 Å². The average molecular weight is 814 g/mol. The van der Waals surface area contributed by atoms with E-state index < -0.39 is 23.6 Å². The summed E-state index contributed by atoms with van der Waals surface area (Å²) in [6.07, 6.45) is 4.49. The highest BCUT2D eigenvalue weighted by Crippen LogP contribution is 2.54. The quantitative estimate of drug-likeness (QED) is 0.339. The summed E-state index contributed by atoms with van der Waals surface area (Å²) in [5.74, 6) is -0.530. The molecule has 58 heavy (non-hydrogen) atoms. The first kappa shape index (κ1) is 41.4. The zero-order chi connectivity index (χ0) is 40.7. The van der Waals surface area contributed by atoms with E-state index in [0.29, 0.717) is 32.1 Å². The molecule has 0 aromatic heterocycles. The Morgan fingerprint density at radius 3 is 2.34 bits per heavy atom. The third-order valence-electron chi connectivity index (χ3n) is 14.8. The Morgan fingerprint density at radius 2 is 1.53 bits per heavy atom. The van der Waals surface area contributed by atoms with Gasteiger partial charge < -0.3 is 53.1 Å². The van der Waals surface area contributed by atoms with Crippen molar-refractivity contribution in [3.63, 3.8) is 0 Å². The number of amides is 1. The smallest absolute Gasteiger partial charge is 0.407 e. The molecule has 0 aliphatic carbocycles. The van der Waals surface area contributed by atoms with Gasteiger partial charge in [0.05, 0.1) is 61.0 Å². The maximum atomic E-state index is 14.2. The molecule has 10 rings (SSSR count). The number of Topliss-reactive ketones (excluding diaryl/α,β-unsaturated/α-hetero) is 1. The molecule has 1 amide bonds. The first-order chi connectivity index (χ1) is 27.6. The van der Waals surface area contributed by atoms with Crippen molar-refractivity contribution in [3.05, 3.63) is 24.3 Å². The molecule has 10 heterocycles. The molecule has 2 N–H and O–H groups in total. The number of rotatable bonds is 4. The molecule has 13 heteroatoms. The molecule has 10 aliphatic rings. The van der Waals surface area contributed by atoms with Crippen LogP contribution in [0.25, 0.3) is 0 Å². The number of carbonyl (C=O) groups is 2. The van der Waals surface area contributed by atoms with Gasteiger partial charge in [-0.25, -0.2) is 4.79 Å². The average Bonchev–Trinajstić information content (AvgIpc) is 3.82. The van der Waals surface area contributed by atoms with Gasteiger partial charge >= 0.3 is 6.09 Å². The third kappa shape index (κ3) is 8.34. The second kappa shape index (κ2) is 16.1. The highest BCUT2D eigenvalue weighted by atomic mass is 16.8. The minimum absolute atomic E-state index is 0.0290. The van der Waals surface area contributed by atoms with Gasteiger partial charge in [0.25, 0.3) is 0 Å². The van der Waals surface area contributed by atoms with Gasteiger partial charge in [0, 0.05) is 45.1 Å². The lowest BCUT2D eigenvalue weighted by Crippen LogP contribution is -2.61. The molecule has 13 nitrogen and oxygen atoms in total. The molecule has 12 bridgehead atoms. The van der Waals surface area contributed by atoms with Crippen LogP contribution in [0.3, 0.4) is 0 Å². The Morgan fingerprint density at radius 1 is 0.810 bits per heavy atom. The Labute approximate surface area is 343 Å². The second-order valence-electron chi connectivity index (χ2n) is 20.2. The number of hydrogen-bond acceptors (Lipinski definition) is 12. The summed E-state index contributed by atoms with van der Waals surface area (Å²) in [6, 6.07) is 0. The van der Waals surface area contributed by atoms with E-state index in [2.05, 4.69) is 32.3 Å². The summed E-state index contributed by atoms with van der Waals surface area (Å²) in [7, 11) is 0. The number of alkyl carbamates (subject to hydrolysis) is 1. The summed E-state index contributed by atoms with van der Waals surface area (Å²) >= 11 is 0. The lowest BCUT2D eigenvalue weighted by molar-refractivity contribution is -0.292. The highest BCUT2D eigenvalue weighted by molar-refractivity contribution is 5.79. The number of nitrogens with one attached hydrogen (secondary N) is 1. The molecule has 324 valence electrons. The van der Waals surface area contributed by atoms with E-state index in [1.165, 1.54) is 0 Å². The SMILES string of the molecule is C=C1C[C@@H]2CC[C@@]34C[C@H]5O[C@H]6[C@@H](O3)[C@H]3O[C@H](CC[C@@H]3O[C@H]6C5O4)CC(=O)CC3[C@H](CC4O[C@@H](CCC1O2)C[C@@H](C)C4=C)O[C@H](C[C@H](O)CNC(=O)OC(C)(C)C)[C@@H]3C. The normalized spacial score (nSPS) is 48.3. The van der Waals surface area contributed by atoms with E-state index in [1.807, 2.05) is 0 Å². The van der Waals surface area contributed by atoms with Gasteiger partial charge in [0.15, 0.2) is 5.79 Å². The summed E-state index contributed by atoms with van der Waals surface area (Å²) < 4.78 is 59.6. The molecule has 19 atom stereocenters. The van der Waals surface area contributed by atoms with Gasteiger partial charge in [0.1, 0.15) is 41.9 Å². The molecule has 0 radical (unpaired) electrons. The number of hydrogen-bond donors (Lipinski definition) is 2. The van der Waals surface area contributed by atoms with Gasteiger partial charge in [-0.3, -0.25) is 4.79 Å². The zero-order valence-corrected chi connectivity index (χ0v) is 35.1. The fourth-order valence-corrected chi connectivity index (χ4v) is 11.8. The first-order valence-electron chi connectivity index (χ1n) is 22.4. The van der Waals surface area contributed by atoms with Gasteiger partial charge in [-0.2, -0.15) is 0 Å². The van der Waals surface area contributed by atoms with E-state index in [9.17, 15) is 14.7 Å². The predicted molar refractivity (Wildman–Crippen MR) is 210 cm³/mol. The van der Waals surface area contributed by atoms with Crippen molar-refractivity contribution in [2.75, 3.05) is 6.54 Å². The van der Waals surface area contributed by atoms with Gasteiger partial charge in [-0.05, 0) is 94.6 Å². The van der Waals surface area contributed by atoms with Crippen LogP contribution in [0.2, 0.25) is 0 Å². The van der Waals surface area contributed by atoms with E-state index in [1.54, 1.807) is 20.8 Å². The number of aliphatic hydroxyl groups excluding tert-OH is 1. The predicted octanol–water partition coefficient (Wildman–Crippen LogP) is 5.63. The fraction of sp³-hybridized carbons (Fsp3) is 0.867. The lowest BCUT2D eigenvalue weighted by atomic mass is 9.78. The molecule has 0 aromatic carbocycles. The van der Waals surface area contributed by atoms with Crippen molar-refractivity contribution >= 4 is 11.9 Å². The molecule has 4 unspecified atom stereocenters. The number of ether oxygens (including phenoxy) is 9. The Bertz CT molecular complexity index is 1580. The number of fused-ring (bicyclic) bond motifs is 6. The van der Waals surface area contributed by atoms with E-state index >= 15 is 0 Å². The molecule has 10 fully saturated rings. The Kier molecular flexibility index (Phi) is 11.5. The molecular formula is C45H67NO12. The van der Waals surface area contributed by atoms with Crippen molar-refractivity contribution in [2.24, 2.45) is 17.8 Å². The number of ketones is 1. The second-order valence-corrected chi connectivity index (χ2v) is 20.2. The van der Waals surface area contributed by atoms with Gasteiger partial charge in [0.2, 0.25) is 0 Å². The highest BCUT2D eigenvalue weighted by Gasteiger charge is 2.68. The first-order valence-corrected chi connectivity index (χ1v) is 22.4. The summed E-state index contributed by atoms with van der Waals surface area (Å²) in [5.41, 5.74) is 1.55. The summed E-state index contributed by atoms with van der Waals surface area (Å²) in [6.45, 7) is 18.7. The van der Waals surface area contributed by atoms with Crippen molar-refractivity contribution in [1.82, 2.24) is 5.32 Å². The Hall–Kier alpha value is -1.94. The molecule has 10 saturated heterocycles. The minimum atomic E-state index is -0.856. The molecule has 0 saturated carbocycles. The minimum Gasteiger partial charge on any atom is -0.444 e. The maximum absolute atomic E-state index is 14.2. The van der Waals surface area contributed by atoms with Crippen LogP contribution in [-0.2, 0) is 47.4 Å². The molecule has 10 aliphatic heterocycles. The fourth-order valence-electron chi connectivity index (χ4n) is 11.8. The van der Waals surface area contributed by atoms with Crippen molar-refractivity contribution < 1.29 is 57.3 Å². The van der Waals surface area contributed by atoms with Gasteiger partial charge in [-0.1, -0.05) is 27.0 Å². The van der Waals surface area contributed by atoms with Crippen molar-refractivity contribution in [3.8, 4) is 0 Å². The monoisotopic (exact) mass is 813 g/mol. The van der Waals surface area contributed by atoms with Crippen LogP contribution >= 0.6 is 0 Å². The van der Waals surface area contributed by atoms with E-state index in [-0.39, 0.29) is 122 Å². The van der Waals surface area contributed by atoms with E-state index in [4.69, 9.17) is 42.6 Å².